The zero-order valence-electron chi connectivity index (χ0n) is 19.4. The van der Waals surface area contributed by atoms with Crippen LogP contribution in [0.1, 0.15) is 37.7 Å². The second-order valence-corrected chi connectivity index (χ2v) is 8.97. The van der Waals surface area contributed by atoms with Crippen molar-refractivity contribution in [2.75, 3.05) is 13.7 Å². The van der Waals surface area contributed by atoms with Crippen molar-refractivity contribution in [3.63, 3.8) is 0 Å². The van der Waals surface area contributed by atoms with E-state index in [1.54, 1.807) is 17.7 Å². The highest BCUT2D eigenvalue weighted by molar-refractivity contribution is 5.87. The van der Waals surface area contributed by atoms with Crippen LogP contribution >= 0.6 is 0 Å². The highest BCUT2D eigenvalue weighted by atomic mass is 16.5. The molecular weight excluding hydrogens is 432 g/mol. The number of nitrogens with one attached hydrogen (secondary N) is 1. The van der Waals surface area contributed by atoms with Gasteiger partial charge < -0.3 is 20.2 Å². The lowest BCUT2D eigenvalue weighted by atomic mass is 9.96. The minimum atomic E-state index is -0.852. The smallest absolute Gasteiger partial charge is 0.408 e. The van der Waals surface area contributed by atoms with Gasteiger partial charge >= 0.3 is 5.76 Å². The molecule has 0 unspecified atom stereocenters. The van der Waals surface area contributed by atoms with Crippen LogP contribution in [-0.2, 0) is 22.5 Å². The molecule has 1 heterocycles. The van der Waals surface area contributed by atoms with Crippen molar-refractivity contribution in [3.05, 3.63) is 58.6 Å². The van der Waals surface area contributed by atoms with Crippen LogP contribution in [0.4, 0.5) is 0 Å². The molecule has 1 atom stereocenters. The lowest BCUT2D eigenvalue weighted by Crippen LogP contribution is -2.54. The number of hydrogen-bond donors (Lipinski definition) is 2. The summed E-state index contributed by atoms with van der Waals surface area (Å²) in [5.74, 6) is -0.613. The summed E-state index contributed by atoms with van der Waals surface area (Å²) in [6.45, 7) is 1.09. The summed E-state index contributed by atoms with van der Waals surface area (Å²) in [6, 6.07) is 15.1. The van der Waals surface area contributed by atoms with E-state index >= 15 is 0 Å². The SMILES string of the molecule is COCCCn1c(=O)oc2ccc(-c3ccc(C[C@@H](C#N)NC(=O)C4(N)CCCC4)cc3)cc21. The fraction of sp³-hybridized carbons (Fsp3) is 0.423. The van der Waals surface area contributed by atoms with Crippen molar-refractivity contribution in [2.24, 2.45) is 5.73 Å². The molecule has 1 saturated carbocycles. The molecule has 3 N–H and O–H groups in total. The van der Waals surface area contributed by atoms with Crippen LogP contribution in [0, 0.1) is 11.3 Å². The zero-order chi connectivity index (χ0) is 24.1. The van der Waals surface area contributed by atoms with Crippen LogP contribution in [0.25, 0.3) is 22.2 Å². The summed E-state index contributed by atoms with van der Waals surface area (Å²) in [4.78, 5) is 24.8. The summed E-state index contributed by atoms with van der Waals surface area (Å²) in [6.07, 6.45) is 4.32. The monoisotopic (exact) mass is 462 g/mol. The van der Waals surface area contributed by atoms with E-state index < -0.39 is 11.6 Å². The standard InChI is InChI=1S/C26H30N4O4/c1-33-14-4-13-30-22-16-20(9-10-23(22)34-25(30)32)19-7-5-18(6-8-19)15-21(17-27)29-24(31)26(28)11-2-3-12-26/h5-10,16,21H,2-4,11-15,28H2,1H3,(H,29,31)/t21-/m0/s1. The molecule has 1 amide bonds. The molecule has 1 aliphatic carbocycles. The van der Waals surface area contributed by atoms with E-state index in [2.05, 4.69) is 11.4 Å². The average molecular weight is 463 g/mol. The minimum absolute atomic E-state index is 0.238. The van der Waals surface area contributed by atoms with Crippen molar-refractivity contribution in [3.8, 4) is 17.2 Å². The number of aryl methyl sites for hydroxylation is 1. The van der Waals surface area contributed by atoms with E-state index in [0.29, 0.717) is 44.4 Å². The minimum Gasteiger partial charge on any atom is -0.408 e. The molecule has 4 rings (SSSR count). The third-order valence-electron chi connectivity index (χ3n) is 6.53. The number of oxazole rings is 1. The van der Waals surface area contributed by atoms with Crippen molar-refractivity contribution in [1.29, 1.82) is 5.26 Å². The zero-order valence-corrected chi connectivity index (χ0v) is 19.4. The maximum absolute atomic E-state index is 12.6. The Morgan fingerprint density at radius 2 is 1.94 bits per heavy atom. The molecular formula is C26H30N4O4. The number of methoxy groups -OCH3 is 1. The summed E-state index contributed by atoms with van der Waals surface area (Å²) < 4.78 is 12.1. The van der Waals surface area contributed by atoms with Gasteiger partial charge in [0.2, 0.25) is 5.91 Å². The van der Waals surface area contributed by atoms with Crippen LogP contribution < -0.4 is 16.8 Å². The Morgan fingerprint density at radius 1 is 1.24 bits per heavy atom. The largest absolute Gasteiger partial charge is 0.419 e. The normalized spacial score (nSPS) is 15.8. The van der Waals surface area contributed by atoms with Gasteiger partial charge in [-0.25, -0.2) is 4.79 Å². The quantitative estimate of drug-likeness (QED) is 0.471. The van der Waals surface area contributed by atoms with Crippen LogP contribution in [-0.4, -0.2) is 35.8 Å². The molecule has 0 spiro atoms. The number of fused-ring (bicyclic) bond motifs is 1. The number of ether oxygens (including phenoxy) is 1. The van der Waals surface area contributed by atoms with Crippen LogP contribution in [0.15, 0.2) is 51.7 Å². The number of rotatable bonds is 9. The molecule has 34 heavy (non-hydrogen) atoms. The summed E-state index contributed by atoms with van der Waals surface area (Å²) in [5, 5.41) is 12.4. The molecule has 178 valence electrons. The van der Waals surface area contributed by atoms with Gasteiger partial charge in [-0.15, -0.1) is 0 Å². The topological polar surface area (TPSA) is 123 Å². The fourth-order valence-electron chi connectivity index (χ4n) is 4.55. The van der Waals surface area contributed by atoms with Crippen LogP contribution in [0.5, 0.6) is 0 Å². The van der Waals surface area contributed by atoms with Gasteiger partial charge in [-0.05, 0) is 48.1 Å². The molecule has 1 aliphatic rings. The Kier molecular flexibility index (Phi) is 7.15. The number of hydrogen-bond acceptors (Lipinski definition) is 6. The van der Waals surface area contributed by atoms with E-state index in [4.69, 9.17) is 14.9 Å². The van der Waals surface area contributed by atoms with Crippen molar-refractivity contribution < 1.29 is 13.9 Å². The van der Waals surface area contributed by atoms with Gasteiger partial charge in [-0.2, -0.15) is 5.26 Å². The Balaban J connectivity index is 1.47. The van der Waals surface area contributed by atoms with E-state index in [1.165, 1.54) is 0 Å². The summed E-state index contributed by atoms with van der Waals surface area (Å²) in [7, 11) is 1.63. The van der Waals surface area contributed by atoms with Gasteiger partial charge in [0.15, 0.2) is 5.58 Å². The Morgan fingerprint density at radius 3 is 2.62 bits per heavy atom. The predicted octanol–water partition coefficient (Wildman–Crippen LogP) is 3.12. The summed E-state index contributed by atoms with van der Waals surface area (Å²) >= 11 is 0. The summed E-state index contributed by atoms with van der Waals surface area (Å²) in [5.41, 5.74) is 9.53. The third-order valence-corrected chi connectivity index (χ3v) is 6.53. The van der Waals surface area contributed by atoms with Gasteiger partial charge in [0, 0.05) is 26.7 Å². The van der Waals surface area contributed by atoms with E-state index in [0.717, 1.165) is 35.0 Å². The van der Waals surface area contributed by atoms with E-state index in [1.807, 2.05) is 36.4 Å². The molecule has 0 aliphatic heterocycles. The van der Waals surface area contributed by atoms with Crippen molar-refractivity contribution in [1.82, 2.24) is 9.88 Å². The molecule has 8 heteroatoms. The van der Waals surface area contributed by atoms with E-state index in [-0.39, 0.29) is 11.7 Å². The number of nitrogens with zero attached hydrogens (tertiary/aromatic N) is 2. The second-order valence-electron chi connectivity index (χ2n) is 8.97. The lowest BCUT2D eigenvalue weighted by Gasteiger charge is -2.24. The number of nitrogens with two attached hydrogens (primary N) is 1. The van der Waals surface area contributed by atoms with Gasteiger partial charge in [-0.3, -0.25) is 9.36 Å². The molecule has 1 fully saturated rings. The van der Waals surface area contributed by atoms with Gasteiger partial charge in [0.25, 0.3) is 0 Å². The molecule has 2 aromatic carbocycles. The molecule has 3 aromatic rings. The highest BCUT2D eigenvalue weighted by Gasteiger charge is 2.37. The number of carbonyl (C=O) groups is 1. The number of amides is 1. The van der Waals surface area contributed by atoms with Crippen molar-refractivity contribution >= 4 is 17.0 Å². The lowest BCUT2D eigenvalue weighted by molar-refractivity contribution is -0.126. The first-order valence-electron chi connectivity index (χ1n) is 11.6. The first-order chi connectivity index (χ1) is 16.4. The van der Waals surface area contributed by atoms with Crippen LogP contribution in [0.2, 0.25) is 0 Å². The van der Waals surface area contributed by atoms with Crippen LogP contribution in [0.3, 0.4) is 0 Å². The average Bonchev–Trinajstić information content (AvgIpc) is 3.42. The molecule has 0 bridgehead atoms. The fourth-order valence-corrected chi connectivity index (χ4v) is 4.55. The van der Waals surface area contributed by atoms with Gasteiger partial charge in [0.1, 0.15) is 6.04 Å². The second kappa shape index (κ2) is 10.2. The predicted molar refractivity (Wildman–Crippen MR) is 129 cm³/mol. The Labute approximate surface area is 198 Å². The Hall–Kier alpha value is -3.41. The number of carbonyl (C=O) groups excluding carboxylic acids is 1. The maximum atomic E-state index is 12.6. The molecule has 8 nitrogen and oxygen atoms in total. The number of aromatic nitrogens is 1. The maximum Gasteiger partial charge on any atom is 0.419 e. The number of nitriles is 1. The molecule has 0 radical (unpaired) electrons. The van der Waals surface area contributed by atoms with Crippen molar-refractivity contribution in [2.45, 2.75) is 56.7 Å². The van der Waals surface area contributed by atoms with E-state index in [9.17, 15) is 14.9 Å². The highest BCUT2D eigenvalue weighted by Crippen LogP contribution is 2.28. The Bertz CT molecular complexity index is 1250. The van der Waals surface area contributed by atoms with Gasteiger partial charge in [0.05, 0.1) is 17.1 Å². The first-order valence-corrected chi connectivity index (χ1v) is 11.6. The van der Waals surface area contributed by atoms with Gasteiger partial charge in [-0.1, -0.05) is 43.2 Å². The first kappa shape index (κ1) is 23.7. The molecule has 1 aromatic heterocycles. The molecule has 0 saturated heterocycles. The third kappa shape index (κ3) is 5.06. The number of benzene rings is 2.